The lowest BCUT2D eigenvalue weighted by atomic mass is 9.91. The van der Waals surface area contributed by atoms with Gasteiger partial charge in [0.05, 0.1) is 6.04 Å². The Bertz CT molecular complexity index is 526. The third-order valence-corrected chi connectivity index (χ3v) is 4.21. The number of hydrogen-bond acceptors (Lipinski definition) is 3. The lowest BCUT2D eigenvalue weighted by Gasteiger charge is -2.26. The molecule has 0 aliphatic rings. The summed E-state index contributed by atoms with van der Waals surface area (Å²) in [4.78, 5) is 22.6. The molecule has 0 aliphatic heterocycles. The second kappa shape index (κ2) is 8.67. The van der Waals surface area contributed by atoms with E-state index >= 15 is 0 Å². The molecule has 1 rings (SSSR count). The van der Waals surface area contributed by atoms with Crippen molar-refractivity contribution in [2.45, 2.75) is 59.0 Å². The van der Waals surface area contributed by atoms with Crippen molar-refractivity contribution in [1.82, 2.24) is 10.6 Å². The summed E-state index contributed by atoms with van der Waals surface area (Å²) in [6.07, 6.45) is 1.11. The maximum atomic E-state index is 11.9. The van der Waals surface area contributed by atoms with Gasteiger partial charge in [-0.15, -0.1) is 0 Å². The fourth-order valence-corrected chi connectivity index (χ4v) is 2.52. The smallest absolute Gasteiger partial charge is 0.318 e. The van der Waals surface area contributed by atoms with Crippen molar-refractivity contribution in [2.24, 2.45) is 11.7 Å². The molecule has 0 aliphatic carbocycles. The quantitative estimate of drug-likeness (QED) is 0.722. The van der Waals surface area contributed by atoms with E-state index in [2.05, 4.69) is 62.6 Å². The molecule has 3 amide bonds. The molecular weight excluding hydrogens is 290 g/mol. The number of primary amides is 1. The second-order valence-corrected chi connectivity index (χ2v) is 6.44. The first-order valence-electron chi connectivity index (χ1n) is 8.22. The predicted molar refractivity (Wildman–Crippen MR) is 93.1 cm³/mol. The van der Waals surface area contributed by atoms with Crippen LogP contribution in [0, 0.1) is 5.92 Å². The first-order chi connectivity index (χ1) is 10.8. The van der Waals surface area contributed by atoms with Crippen LogP contribution in [0.2, 0.25) is 0 Å². The average molecular weight is 319 g/mol. The molecule has 4 N–H and O–H groups in total. The summed E-state index contributed by atoms with van der Waals surface area (Å²) < 4.78 is 0. The van der Waals surface area contributed by atoms with Gasteiger partial charge in [0.25, 0.3) is 0 Å². The number of amides is 3. The summed E-state index contributed by atoms with van der Waals surface area (Å²) in [5.41, 5.74) is 7.44. The third-order valence-electron chi connectivity index (χ3n) is 4.21. The zero-order valence-electron chi connectivity index (χ0n) is 14.7. The SMILES string of the molecule is CC[C@H](C)c1ccc([C@@H](N[C@H](C)C(=O)NC(N)=O)C(C)C)cc1. The monoisotopic (exact) mass is 319 g/mol. The van der Waals surface area contributed by atoms with Gasteiger partial charge in [-0.1, -0.05) is 52.0 Å². The maximum Gasteiger partial charge on any atom is 0.318 e. The summed E-state index contributed by atoms with van der Waals surface area (Å²) >= 11 is 0. The Morgan fingerprint density at radius 2 is 1.57 bits per heavy atom. The van der Waals surface area contributed by atoms with Crippen LogP contribution in [0.25, 0.3) is 0 Å². The first-order valence-corrected chi connectivity index (χ1v) is 8.22. The fourth-order valence-electron chi connectivity index (χ4n) is 2.52. The van der Waals surface area contributed by atoms with Crippen molar-refractivity contribution in [1.29, 1.82) is 0 Å². The number of carbonyl (C=O) groups excluding carboxylic acids is 2. The summed E-state index contributed by atoms with van der Waals surface area (Å²) in [5, 5.41) is 5.39. The molecule has 0 spiro atoms. The summed E-state index contributed by atoms with van der Waals surface area (Å²) in [7, 11) is 0. The number of urea groups is 1. The number of imide groups is 1. The number of nitrogens with one attached hydrogen (secondary N) is 2. The van der Waals surface area contributed by atoms with Crippen LogP contribution in [0.3, 0.4) is 0 Å². The van der Waals surface area contributed by atoms with E-state index in [4.69, 9.17) is 5.73 Å². The van der Waals surface area contributed by atoms with Crippen LogP contribution in [0.1, 0.15) is 64.1 Å². The molecule has 0 saturated heterocycles. The Labute approximate surface area is 139 Å². The topological polar surface area (TPSA) is 84.2 Å². The molecule has 23 heavy (non-hydrogen) atoms. The van der Waals surface area contributed by atoms with Gasteiger partial charge < -0.3 is 5.73 Å². The van der Waals surface area contributed by atoms with E-state index in [0.717, 1.165) is 12.0 Å². The summed E-state index contributed by atoms with van der Waals surface area (Å²) in [6, 6.07) is 7.19. The third kappa shape index (κ3) is 5.67. The Kier molecular flexibility index (Phi) is 7.23. The van der Waals surface area contributed by atoms with E-state index in [-0.39, 0.29) is 6.04 Å². The van der Waals surface area contributed by atoms with E-state index in [1.54, 1.807) is 6.92 Å². The van der Waals surface area contributed by atoms with Crippen molar-refractivity contribution in [3.05, 3.63) is 35.4 Å². The fraction of sp³-hybridized carbons (Fsp3) is 0.556. The van der Waals surface area contributed by atoms with Crippen molar-refractivity contribution in [3.8, 4) is 0 Å². The highest BCUT2D eigenvalue weighted by Gasteiger charge is 2.22. The molecule has 0 saturated carbocycles. The highest BCUT2D eigenvalue weighted by Crippen LogP contribution is 2.25. The van der Waals surface area contributed by atoms with Crippen LogP contribution in [0.5, 0.6) is 0 Å². The molecule has 5 heteroatoms. The molecular formula is C18H29N3O2. The predicted octanol–water partition coefficient (Wildman–Crippen LogP) is 3.07. The first kappa shape index (κ1) is 19.2. The average Bonchev–Trinajstić information content (AvgIpc) is 2.50. The molecule has 0 radical (unpaired) electrons. The van der Waals surface area contributed by atoms with E-state index < -0.39 is 18.0 Å². The number of rotatable bonds is 7. The van der Waals surface area contributed by atoms with E-state index in [9.17, 15) is 9.59 Å². The van der Waals surface area contributed by atoms with Crippen LogP contribution in [-0.2, 0) is 4.79 Å². The van der Waals surface area contributed by atoms with E-state index in [0.29, 0.717) is 11.8 Å². The summed E-state index contributed by atoms with van der Waals surface area (Å²) in [5.74, 6) is 0.419. The molecule has 1 aromatic rings. The van der Waals surface area contributed by atoms with Crippen LogP contribution >= 0.6 is 0 Å². The Balaban J connectivity index is 2.86. The zero-order valence-corrected chi connectivity index (χ0v) is 14.7. The lowest BCUT2D eigenvalue weighted by molar-refractivity contribution is -0.121. The van der Waals surface area contributed by atoms with Gasteiger partial charge in [-0.25, -0.2) is 4.79 Å². The van der Waals surface area contributed by atoms with Crippen molar-refractivity contribution in [2.75, 3.05) is 0 Å². The maximum absolute atomic E-state index is 11.9. The van der Waals surface area contributed by atoms with Gasteiger partial charge in [-0.05, 0) is 36.3 Å². The van der Waals surface area contributed by atoms with Gasteiger partial charge in [0.15, 0.2) is 0 Å². The van der Waals surface area contributed by atoms with Gasteiger partial charge in [0.1, 0.15) is 0 Å². The van der Waals surface area contributed by atoms with E-state index in [1.165, 1.54) is 5.56 Å². The highest BCUT2D eigenvalue weighted by atomic mass is 16.2. The molecule has 0 bridgehead atoms. The lowest BCUT2D eigenvalue weighted by Crippen LogP contribution is -2.48. The molecule has 0 aromatic heterocycles. The number of benzene rings is 1. The highest BCUT2D eigenvalue weighted by molar-refractivity contribution is 5.96. The number of carbonyl (C=O) groups is 2. The minimum atomic E-state index is -0.831. The summed E-state index contributed by atoms with van der Waals surface area (Å²) in [6.45, 7) is 10.3. The molecule has 3 atom stereocenters. The minimum absolute atomic E-state index is 0.0228. The van der Waals surface area contributed by atoms with Crippen LogP contribution in [0.15, 0.2) is 24.3 Å². The number of hydrogen-bond donors (Lipinski definition) is 3. The van der Waals surface area contributed by atoms with E-state index in [1.807, 2.05) is 0 Å². The van der Waals surface area contributed by atoms with Gasteiger partial charge in [-0.2, -0.15) is 0 Å². The second-order valence-electron chi connectivity index (χ2n) is 6.44. The van der Waals surface area contributed by atoms with Gasteiger partial charge in [0, 0.05) is 6.04 Å². The van der Waals surface area contributed by atoms with Crippen LogP contribution < -0.4 is 16.4 Å². The zero-order chi connectivity index (χ0) is 17.6. The van der Waals surface area contributed by atoms with Crippen LogP contribution in [-0.4, -0.2) is 18.0 Å². The normalized spacial score (nSPS) is 15.0. The van der Waals surface area contributed by atoms with Crippen LogP contribution in [0.4, 0.5) is 4.79 Å². The minimum Gasteiger partial charge on any atom is -0.351 e. The standard InChI is InChI=1S/C18H29N3O2/c1-6-12(4)14-7-9-15(10-8-14)16(11(2)3)20-13(5)17(22)21-18(19)23/h7-13,16,20H,6H2,1-5H3,(H3,19,21,22,23)/t12-,13+,16-/m0/s1. The Hall–Kier alpha value is -1.88. The molecule has 128 valence electrons. The van der Waals surface area contributed by atoms with Crippen molar-refractivity contribution < 1.29 is 9.59 Å². The van der Waals surface area contributed by atoms with Crippen molar-refractivity contribution >= 4 is 11.9 Å². The Morgan fingerprint density at radius 1 is 1.04 bits per heavy atom. The number of nitrogens with two attached hydrogens (primary N) is 1. The van der Waals surface area contributed by atoms with Gasteiger partial charge in [0.2, 0.25) is 5.91 Å². The molecule has 1 aromatic carbocycles. The molecule has 0 unspecified atom stereocenters. The molecule has 5 nitrogen and oxygen atoms in total. The van der Waals surface area contributed by atoms with Gasteiger partial charge in [-0.3, -0.25) is 15.4 Å². The largest absolute Gasteiger partial charge is 0.351 e. The Morgan fingerprint density at radius 3 is 2.00 bits per heavy atom. The van der Waals surface area contributed by atoms with Gasteiger partial charge >= 0.3 is 6.03 Å². The molecule has 0 fully saturated rings. The van der Waals surface area contributed by atoms with Crippen molar-refractivity contribution in [3.63, 3.8) is 0 Å². The molecule has 0 heterocycles.